The lowest BCUT2D eigenvalue weighted by Crippen LogP contribution is -2.41. The fourth-order valence-corrected chi connectivity index (χ4v) is 1.43. The van der Waals surface area contributed by atoms with E-state index in [9.17, 15) is 4.79 Å². The number of nitrogens with zero attached hydrogens (tertiary/aromatic N) is 2. The third-order valence-corrected chi connectivity index (χ3v) is 2.39. The van der Waals surface area contributed by atoms with Crippen molar-refractivity contribution < 1.29 is 4.79 Å². The quantitative estimate of drug-likeness (QED) is 0.816. The molecule has 5 nitrogen and oxygen atoms in total. The van der Waals surface area contributed by atoms with E-state index in [2.05, 4.69) is 15.6 Å². The first-order valence-corrected chi connectivity index (χ1v) is 5.42. The van der Waals surface area contributed by atoms with E-state index in [4.69, 9.17) is 5.26 Å². The van der Waals surface area contributed by atoms with Crippen LogP contribution in [0.2, 0.25) is 0 Å². The summed E-state index contributed by atoms with van der Waals surface area (Å²) < 4.78 is 0. The molecule has 0 aromatic carbocycles. The smallest absolute Gasteiger partial charge is 0.242 e. The lowest BCUT2D eigenvalue weighted by Gasteiger charge is -2.21. The van der Waals surface area contributed by atoms with Gasteiger partial charge in [-0.1, -0.05) is 13.8 Å². The van der Waals surface area contributed by atoms with Crippen molar-refractivity contribution in [2.45, 2.75) is 19.9 Å². The lowest BCUT2D eigenvalue weighted by molar-refractivity contribution is -0.122. The first kappa shape index (κ1) is 13.0. The highest BCUT2D eigenvalue weighted by atomic mass is 16.2. The number of nitriles is 1. The summed E-state index contributed by atoms with van der Waals surface area (Å²) in [6, 6.07) is 4.92. The molecular formula is C12H16N4O. The summed E-state index contributed by atoms with van der Waals surface area (Å²) in [4.78, 5) is 15.7. The predicted molar refractivity (Wildman–Crippen MR) is 65.3 cm³/mol. The van der Waals surface area contributed by atoms with Gasteiger partial charge in [0.05, 0.1) is 11.6 Å². The zero-order chi connectivity index (χ0) is 12.8. The van der Waals surface area contributed by atoms with Gasteiger partial charge in [-0.2, -0.15) is 5.26 Å². The van der Waals surface area contributed by atoms with Crippen LogP contribution in [0.5, 0.6) is 0 Å². The number of hydrogen-bond donors (Lipinski definition) is 2. The predicted octanol–water partition coefficient (Wildman–Crippen LogP) is 1.14. The van der Waals surface area contributed by atoms with Crippen LogP contribution in [0.1, 0.15) is 19.4 Å². The van der Waals surface area contributed by atoms with Crippen molar-refractivity contribution in [3.8, 4) is 6.07 Å². The molecule has 0 aliphatic carbocycles. The van der Waals surface area contributed by atoms with Crippen LogP contribution in [0.3, 0.4) is 0 Å². The summed E-state index contributed by atoms with van der Waals surface area (Å²) in [6.07, 6.45) is 1.54. The summed E-state index contributed by atoms with van der Waals surface area (Å²) in [5, 5.41) is 14.4. The van der Waals surface area contributed by atoms with Crippen LogP contribution >= 0.6 is 0 Å². The van der Waals surface area contributed by atoms with Gasteiger partial charge in [0.15, 0.2) is 0 Å². The Kier molecular flexibility index (Phi) is 4.46. The summed E-state index contributed by atoms with van der Waals surface area (Å²) in [7, 11) is 1.60. The van der Waals surface area contributed by atoms with Crippen LogP contribution in [-0.2, 0) is 4.79 Å². The molecule has 0 saturated carbocycles. The Hall–Kier alpha value is -2.09. The van der Waals surface area contributed by atoms with E-state index in [-0.39, 0.29) is 17.9 Å². The minimum absolute atomic E-state index is 0.0934. The van der Waals surface area contributed by atoms with Crippen LogP contribution in [-0.4, -0.2) is 24.0 Å². The maximum Gasteiger partial charge on any atom is 0.242 e. The molecule has 2 N–H and O–H groups in total. The SMILES string of the molecule is CNC(=O)C(Nc1cc(C#N)ccn1)C(C)C. The zero-order valence-electron chi connectivity index (χ0n) is 10.2. The van der Waals surface area contributed by atoms with Crippen molar-refractivity contribution in [1.82, 2.24) is 10.3 Å². The summed E-state index contributed by atoms with van der Waals surface area (Å²) in [6.45, 7) is 3.89. The monoisotopic (exact) mass is 232 g/mol. The van der Waals surface area contributed by atoms with Gasteiger partial charge in [-0.25, -0.2) is 4.98 Å². The van der Waals surface area contributed by atoms with Crippen molar-refractivity contribution in [3.63, 3.8) is 0 Å². The van der Waals surface area contributed by atoms with Crippen molar-refractivity contribution in [1.29, 1.82) is 5.26 Å². The molecule has 0 bridgehead atoms. The maximum absolute atomic E-state index is 11.6. The van der Waals surface area contributed by atoms with E-state index in [1.807, 2.05) is 19.9 Å². The van der Waals surface area contributed by atoms with E-state index in [0.717, 1.165) is 0 Å². The molecule has 0 aliphatic heterocycles. The van der Waals surface area contributed by atoms with Crippen LogP contribution in [0.25, 0.3) is 0 Å². The number of anilines is 1. The number of carbonyl (C=O) groups excluding carboxylic acids is 1. The molecule has 5 heteroatoms. The number of amides is 1. The van der Waals surface area contributed by atoms with E-state index >= 15 is 0 Å². The molecule has 1 aromatic rings. The third kappa shape index (κ3) is 3.45. The molecule has 1 atom stereocenters. The van der Waals surface area contributed by atoms with Crippen LogP contribution in [0.15, 0.2) is 18.3 Å². The Balaban J connectivity index is 2.86. The van der Waals surface area contributed by atoms with E-state index in [1.54, 1.807) is 25.4 Å². The highest BCUT2D eigenvalue weighted by Gasteiger charge is 2.21. The molecular weight excluding hydrogens is 216 g/mol. The standard InChI is InChI=1S/C12H16N4O/c1-8(2)11(12(17)14-3)16-10-6-9(7-13)4-5-15-10/h4-6,8,11H,1-3H3,(H,14,17)(H,15,16). The molecule has 1 aromatic heterocycles. The summed E-state index contributed by atoms with van der Waals surface area (Å²) in [5.41, 5.74) is 0.516. The van der Waals surface area contributed by atoms with Crippen molar-refractivity contribution in [2.75, 3.05) is 12.4 Å². The van der Waals surface area contributed by atoms with Gasteiger partial charge < -0.3 is 10.6 Å². The molecule has 0 aliphatic rings. The molecule has 1 heterocycles. The van der Waals surface area contributed by atoms with E-state index in [1.165, 1.54) is 0 Å². The van der Waals surface area contributed by atoms with Gasteiger partial charge in [0.25, 0.3) is 0 Å². The minimum atomic E-state index is -0.360. The summed E-state index contributed by atoms with van der Waals surface area (Å²) in [5.74, 6) is 0.568. The molecule has 90 valence electrons. The van der Waals surface area contributed by atoms with Gasteiger partial charge in [0.1, 0.15) is 11.9 Å². The minimum Gasteiger partial charge on any atom is -0.358 e. The van der Waals surface area contributed by atoms with E-state index < -0.39 is 0 Å². The van der Waals surface area contributed by atoms with Crippen LogP contribution in [0, 0.1) is 17.2 Å². The number of rotatable bonds is 4. The van der Waals surface area contributed by atoms with Gasteiger partial charge in [0, 0.05) is 13.2 Å². The van der Waals surface area contributed by atoms with Gasteiger partial charge in [0.2, 0.25) is 5.91 Å². The Morgan fingerprint density at radius 3 is 2.76 bits per heavy atom. The first-order valence-electron chi connectivity index (χ1n) is 5.42. The van der Waals surface area contributed by atoms with Gasteiger partial charge in [-0.05, 0) is 18.1 Å². The second-order valence-electron chi connectivity index (χ2n) is 4.02. The molecule has 0 saturated heterocycles. The number of aromatic nitrogens is 1. The van der Waals surface area contributed by atoms with Gasteiger partial charge in [-0.3, -0.25) is 4.79 Å². The highest BCUT2D eigenvalue weighted by molar-refractivity contribution is 5.84. The number of carbonyl (C=O) groups is 1. The highest BCUT2D eigenvalue weighted by Crippen LogP contribution is 2.11. The number of hydrogen-bond acceptors (Lipinski definition) is 4. The number of nitrogens with one attached hydrogen (secondary N) is 2. The molecule has 0 fully saturated rings. The second-order valence-corrected chi connectivity index (χ2v) is 4.02. The molecule has 0 spiro atoms. The summed E-state index contributed by atoms with van der Waals surface area (Å²) >= 11 is 0. The molecule has 1 unspecified atom stereocenters. The van der Waals surface area contributed by atoms with Crippen molar-refractivity contribution in [2.24, 2.45) is 5.92 Å². The lowest BCUT2D eigenvalue weighted by atomic mass is 10.0. The number of pyridine rings is 1. The Labute approximate surface area is 101 Å². The molecule has 1 rings (SSSR count). The fourth-order valence-electron chi connectivity index (χ4n) is 1.43. The van der Waals surface area contributed by atoms with Crippen LogP contribution in [0.4, 0.5) is 5.82 Å². The second kappa shape index (κ2) is 5.85. The Morgan fingerprint density at radius 2 is 2.24 bits per heavy atom. The normalized spacial score (nSPS) is 11.7. The van der Waals surface area contributed by atoms with Crippen molar-refractivity contribution in [3.05, 3.63) is 23.9 Å². The maximum atomic E-state index is 11.6. The topological polar surface area (TPSA) is 77.8 Å². The zero-order valence-corrected chi connectivity index (χ0v) is 10.2. The third-order valence-electron chi connectivity index (χ3n) is 2.39. The van der Waals surface area contributed by atoms with Crippen molar-refractivity contribution >= 4 is 11.7 Å². The average molecular weight is 232 g/mol. The van der Waals surface area contributed by atoms with Crippen LogP contribution < -0.4 is 10.6 Å². The van der Waals surface area contributed by atoms with Gasteiger partial charge >= 0.3 is 0 Å². The first-order chi connectivity index (χ1) is 8.08. The molecule has 1 amide bonds. The Morgan fingerprint density at radius 1 is 1.53 bits per heavy atom. The van der Waals surface area contributed by atoms with E-state index in [0.29, 0.717) is 11.4 Å². The Bertz CT molecular complexity index is 436. The molecule has 17 heavy (non-hydrogen) atoms. The van der Waals surface area contributed by atoms with Gasteiger partial charge in [-0.15, -0.1) is 0 Å². The molecule has 0 radical (unpaired) electrons. The fraction of sp³-hybridized carbons (Fsp3) is 0.417. The number of likely N-dealkylation sites (N-methyl/N-ethyl adjacent to an activating group) is 1. The largest absolute Gasteiger partial charge is 0.358 e. The average Bonchev–Trinajstić information content (AvgIpc) is 2.35.